The lowest BCUT2D eigenvalue weighted by atomic mass is 10.2. The summed E-state index contributed by atoms with van der Waals surface area (Å²) in [6, 6.07) is 10.5. The van der Waals surface area contributed by atoms with Crippen molar-refractivity contribution < 1.29 is 18.3 Å². The fraction of sp³-hybridized carbons (Fsp3) is 0.0714. The van der Waals surface area contributed by atoms with E-state index in [0.29, 0.717) is 5.69 Å². The molecule has 0 aliphatic carbocycles. The minimum atomic E-state index is -3.45. The van der Waals surface area contributed by atoms with Crippen LogP contribution in [0.2, 0.25) is 0 Å². The van der Waals surface area contributed by atoms with Gasteiger partial charge in [0.05, 0.1) is 10.5 Å². The first-order valence-electron chi connectivity index (χ1n) is 5.87. The largest absolute Gasteiger partial charge is 0.507 e. The third kappa shape index (κ3) is 3.83. The second kappa shape index (κ2) is 5.87. The summed E-state index contributed by atoms with van der Waals surface area (Å²) >= 11 is 3.28. The topological polar surface area (TPSA) is 83.5 Å². The van der Waals surface area contributed by atoms with E-state index in [9.17, 15) is 18.3 Å². The Labute approximate surface area is 130 Å². The van der Waals surface area contributed by atoms with Gasteiger partial charge in [-0.25, -0.2) is 8.42 Å². The lowest BCUT2D eigenvalue weighted by Gasteiger charge is -2.08. The van der Waals surface area contributed by atoms with Gasteiger partial charge in [-0.05, 0) is 42.5 Å². The minimum Gasteiger partial charge on any atom is -0.507 e. The fourth-order valence-corrected chi connectivity index (χ4v) is 2.57. The molecule has 0 fully saturated rings. The third-order valence-electron chi connectivity index (χ3n) is 2.74. The van der Waals surface area contributed by atoms with Crippen LogP contribution >= 0.6 is 15.9 Å². The third-order valence-corrected chi connectivity index (χ3v) is 4.38. The van der Waals surface area contributed by atoms with Gasteiger partial charge in [0.1, 0.15) is 5.75 Å². The molecule has 0 unspecified atom stereocenters. The van der Waals surface area contributed by atoms with Crippen LogP contribution in [0.15, 0.2) is 51.8 Å². The maximum Gasteiger partial charge on any atom is 0.259 e. The molecule has 0 spiro atoms. The lowest BCUT2D eigenvalue weighted by molar-refractivity contribution is 0.102. The van der Waals surface area contributed by atoms with Gasteiger partial charge in [-0.15, -0.1) is 0 Å². The van der Waals surface area contributed by atoms with Gasteiger partial charge in [0.25, 0.3) is 5.91 Å². The standard InChI is InChI=1S/C14H12BrNO4S/c1-21(19,20)11-6-7-13(17)12(8-11)14(18)16-10-4-2-9(15)3-5-10/h2-8,17H,1H3,(H,16,18). The van der Waals surface area contributed by atoms with Gasteiger partial charge in [-0.3, -0.25) is 4.79 Å². The molecule has 110 valence electrons. The van der Waals surface area contributed by atoms with Crippen molar-refractivity contribution in [3.8, 4) is 5.75 Å². The Morgan fingerprint density at radius 2 is 1.76 bits per heavy atom. The van der Waals surface area contributed by atoms with Crippen LogP contribution in [0.3, 0.4) is 0 Å². The number of benzene rings is 2. The molecule has 0 aliphatic rings. The molecule has 0 heterocycles. The van der Waals surface area contributed by atoms with Crippen LogP contribution in [-0.2, 0) is 9.84 Å². The number of anilines is 1. The van der Waals surface area contributed by atoms with Gasteiger partial charge >= 0.3 is 0 Å². The van der Waals surface area contributed by atoms with Crippen LogP contribution in [0.5, 0.6) is 5.75 Å². The van der Waals surface area contributed by atoms with Gasteiger partial charge in [-0.1, -0.05) is 15.9 Å². The molecule has 2 aromatic rings. The number of phenolic OH excluding ortho intramolecular Hbond substituents is 1. The predicted octanol–water partition coefficient (Wildman–Crippen LogP) is 2.81. The lowest BCUT2D eigenvalue weighted by Crippen LogP contribution is -2.13. The Morgan fingerprint density at radius 3 is 2.33 bits per heavy atom. The Hall–Kier alpha value is -1.86. The highest BCUT2D eigenvalue weighted by Gasteiger charge is 2.16. The molecule has 0 aliphatic heterocycles. The summed E-state index contributed by atoms with van der Waals surface area (Å²) in [6.07, 6.45) is 1.04. The summed E-state index contributed by atoms with van der Waals surface area (Å²) in [5, 5.41) is 12.3. The molecule has 2 rings (SSSR count). The van der Waals surface area contributed by atoms with E-state index < -0.39 is 15.7 Å². The Bertz CT molecular complexity index is 785. The van der Waals surface area contributed by atoms with Crippen LogP contribution < -0.4 is 5.32 Å². The average Bonchev–Trinajstić information content (AvgIpc) is 2.40. The molecule has 2 N–H and O–H groups in total. The molecule has 0 radical (unpaired) electrons. The first-order valence-corrected chi connectivity index (χ1v) is 8.56. The van der Waals surface area contributed by atoms with E-state index in [1.54, 1.807) is 24.3 Å². The Balaban J connectivity index is 2.32. The van der Waals surface area contributed by atoms with Crippen molar-refractivity contribution in [2.75, 3.05) is 11.6 Å². The molecule has 21 heavy (non-hydrogen) atoms. The quantitative estimate of drug-likeness (QED) is 0.870. The first-order chi connectivity index (χ1) is 9.77. The Kier molecular flexibility index (Phi) is 4.34. The van der Waals surface area contributed by atoms with Crippen LogP contribution in [-0.4, -0.2) is 25.7 Å². The summed E-state index contributed by atoms with van der Waals surface area (Å²) in [5.41, 5.74) is 0.438. The number of hydrogen-bond acceptors (Lipinski definition) is 4. The second-order valence-corrected chi connectivity index (χ2v) is 7.34. The number of nitrogens with one attached hydrogen (secondary N) is 1. The molecule has 1 amide bonds. The summed E-state index contributed by atoms with van der Waals surface area (Å²) in [7, 11) is -3.45. The minimum absolute atomic E-state index is 0.0266. The maximum absolute atomic E-state index is 12.1. The monoisotopic (exact) mass is 369 g/mol. The Morgan fingerprint density at radius 1 is 1.14 bits per heavy atom. The maximum atomic E-state index is 12.1. The van der Waals surface area contributed by atoms with E-state index in [4.69, 9.17) is 0 Å². The molecule has 7 heteroatoms. The highest BCUT2D eigenvalue weighted by molar-refractivity contribution is 9.10. The smallest absolute Gasteiger partial charge is 0.259 e. The van der Waals surface area contributed by atoms with E-state index in [0.717, 1.165) is 16.8 Å². The van der Waals surface area contributed by atoms with E-state index >= 15 is 0 Å². The van der Waals surface area contributed by atoms with Crippen molar-refractivity contribution in [3.63, 3.8) is 0 Å². The molecule has 0 saturated heterocycles. The zero-order valence-electron chi connectivity index (χ0n) is 11.0. The molecular formula is C14H12BrNO4S. The molecule has 0 bridgehead atoms. The highest BCUT2D eigenvalue weighted by Crippen LogP contribution is 2.23. The van der Waals surface area contributed by atoms with Gasteiger partial charge < -0.3 is 10.4 Å². The SMILES string of the molecule is CS(=O)(=O)c1ccc(O)c(C(=O)Nc2ccc(Br)cc2)c1. The molecule has 0 aromatic heterocycles. The van der Waals surface area contributed by atoms with Crippen molar-refractivity contribution in [1.82, 2.24) is 0 Å². The molecule has 0 atom stereocenters. The molecular weight excluding hydrogens is 358 g/mol. The number of sulfone groups is 1. The number of phenols is 1. The second-order valence-electron chi connectivity index (χ2n) is 4.41. The fourth-order valence-electron chi connectivity index (χ4n) is 1.66. The van der Waals surface area contributed by atoms with Gasteiger partial charge in [0.2, 0.25) is 0 Å². The number of amides is 1. The number of aromatic hydroxyl groups is 1. The van der Waals surface area contributed by atoms with Gasteiger partial charge in [-0.2, -0.15) is 0 Å². The van der Waals surface area contributed by atoms with E-state index in [1.807, 2.05) is 0 Å². The van der Waals surface area contributed by atoms with Crippen LogP contribution in [0.25, 0.3) is 0 Å². The van der Waals surface area contributed by atoms with E-state index in [2.05, 4.69) is 21.2 Å². The van der Waals surface area contributed by atoms with Crippen LogP contribution in [0.4, 0.5) is 5.69 Å². The van der Waals surface area contributed by atoms with Gasteiger partial charge in [0, 0.05) is 16.4 Å². The van der Waals surface area contributed by atoms with Crippen molar-refractivity contribution in [2.45, 2.75) is 4.90 Å². The summed E-state index contributed by atoms with van der Waals surface area (Å²) < 4.78 is 23.9. The van der Waals surface area contributed by atoms with Crippen molar-refractivity contribution in [2.24, 2.45) is 0 Å². The predicted molar refractivity (Wildman–Crippen MR) is 83.3 cm³/mol. The summed E-state index contributed by atoms with van der Waals surface area (Å²) in [4.78, 5) is 12.1. The summed E-state index contributed by atoms with van der Waals surface area (Å²) in [5.74, 6) is -0.864. The molecule has 5 nitrogen and oxygen atoms in total. The van der Waals surface area contributed by atoms with Crippen LogP contribution in [0.1, 0.15) is 10.4 Å². The molecule has 2 aromatic carbocycles. The zero-order chi connectivity index (χ0) is 15.6. The number of hydrogen-bond donors (Lipinski definition) is 2. The number of carbonyl (C=O) groups is 1. The average molecular weight is 370 g/mol. The number of carbonyl (C=O) groups excluding carboxylic acids is 1. The van der Waals surface area contributed by atoms with E-state index in [1.165, 1.54) is 12.1 Å². The molecule has 0 saturated carbocycles. The normalized spacial score (nSPS) is 11.1. The zero-order valence-corrected chi connectivity index (χ0v) is 13.4. The van der Waals surface area contributed by atoms with Gasteiger partial charge in [0.15, 0.2) is 9.84 Å². The van der Waals surface area contributed by atoms with Crippen molar-refractivity contribution in [3.05, 3.63) is 52.5 Å². The highest BCUT2D eigenvalue weighted by atomic mass is 79.9. The number of rotatable bonds is 3. The summed E-state index contributed by atoms with van der Waals surface area (Å²) in [6.45, 7) is 0. The first kappa shape index (κ1) is 15.5. The van der Waals surface area contributed by atoms with Crippen LogP contribution in [0, 0.1) is 0 Å². The van der Waals surface area contributed by atoms with E-state index in [-0.39, 0.29) is 16.2 Å². The van der Waals surface area contributed by atoms with Crippen molar-refractivity contribution in [1.29, 1.82) is 0 Å². The number of halogens is 1. The van der Waals surface area contributed by atoms with Crippen molar-refractivity contribution >= 4 is 37.4 Å².